The molecular weight excluding hydrogens is 188 g/mol. The van der Waals surface area contributed by atoms with Crippen LogP contribution < -0.4 is 5.73 Å². The number of nitrogens with two attached hydrogens (primary N) is 1. The summed E-state index contributed by atoms with van der Waals surface area (Å²) < 4.78 is 5.44. The quantitative estimate of drug-likeness (QED) is 0.788. The number of benzene rings is 1. The van der Waals surface area contributed by atoms with Crippen LogP contribution in [0.1, 0.15) is 24.0 Å². The van der Waals surface area contributed by atoms with E-state index in [9.17, 15) is 0 Å². The molecule has 0 saturated heterocycles. The summed E-state index contributed by atoms with van der Waals surface area (Å²) in [5.41, 5.74) is 8.34. The molecule has 0 radical (unpaired) electrons. The maximum absolute atomic E-state index is 6.15. The molecule has 0 unspecified atom stereocenters. The first-order valence-electron chi connectivity index (χ1n) is 5.35. The zero-order valence-corrected chi connectivity index (χ0v) is 8.57. The summed E-state index contributed by atoms with van der Waals surface area (Å²) in [5.74, 6) is 0.765. The van der Waals surface area contributed by atoms with Crippen LogP contribution in [-0.4, -0.2) is 19.0 Å². The summed E-state index contributed by atoms with van der Waals surface area (Å²) in [6.07, 6.45) is 2.17. The lowest BCUT2D eigenvalue weighted by molar-refractivity contribution is 0.348. The Hall–Kier alpha value is -1.35. The molecule has 0 spiro atoms. The Morgan fingerprint density at radius 3 is 2.87 bits per heavy atom. The maximum Gasteiger partial charge on any atom is 0.216 e. The first-order valence-corrected chi connectivity index (χ1v) is 5.35. The van der Waals surface area contributed by atoms with Gasteiger partial charge in [-0.1, -0.05) is 12.1 Å². The summed E-state index contributed by atoms with van der Waals surface area (Å²) in [6, 6.07) is 8.25. The number of hydrogen-bond donors (Lipinski definition) is 1. The molecule has 1 aliphatic carbocycles. The molecule has 0 amide bonds. The molecule has 3 nitrogen and oxygen atoms in total. The van der Waals surface area contributed by atoms with Gasteiger partial charge in [-0.25, -0.2) is 4.99 Å². The molecule has 1 fully saturated rings. The van der Waals surface area contributed by atoms with E-state index in [1.165, 1.54) is 5.56 Å². The van der Waals surface area contributed by atoms with E-state index in [1.54, 1.807) is 0 Å². The van der Waals surface area contributed by atoms with E-state index >= 15 is 0 Å². The standard InChI is InChI=1S/C12H14N2O/c13-12(4-5-12)10-3-1-2-9(8-10)11-14-6-7-15-11/h1-3,8H,4-7,13H2. The van der Waals surface area contributed by atoms with Crippen molar-refractivity contribution in [3.05, 3.63) is 35.4 Å². The molecule has 1 aromatic carbocycles. The molecule has 2 aliphatic rings. The van der Waals surface area contributed by atoms with E-state index in [0.29, 0.717) is 6.61 Å². The smallest absolute Gasteiger partial charge is 0.216 e. The molecule has 1 saturated carbocycles. The zero-order valence-electron chi connectivity index (χ0n) is 8.57. The van der Waals surface area contributed by atoms with Crippen LogP contribution in [0.2, 0.25) is 0 Å². The minimum atomic E-state index is -0.0742. The summed E-state index contributed by atoms with van der Waals surface area (Å²) in [7, 11) is 0. The van der Waals surface area contributed by atoms with Crippen LogP contribution >= 0.6 is 0 Å². The molecule has 3 rings (SSSR count). The van der Waals surface area contributed by atoms with Crippen molar-refractivity contribution >= 4 is 5.90 Å². The topological polar surface area (TPSA) is 47.6 Å². The fourth-order valence-electron chi connectivity index (χ4n) is 1.90. The van der Waals surface area contributed by atoms with E-state index in [4.69, 9.17) is 10.5 Å². The largest absolute Gasteiger partial charge is 0.476 e. The summed E-state index contributed by atoms with van der Waals surface area (Å²) >= 11 is 0. The molecule has 1 aromatic rings. The molecule has 3 heteroatoms. The fourth-order valence-corrected chi connectivity index (χ4v) is 1.90. The number of hydrogen-bond acceptors (Lipinski definition) is 3. The maximum atomic E-state index is 6.15. The third-order valence-corrected chi connectivity index (χ3v) is 3.06. The van der Waals surface area contributed by atoms with Gasteiger partial charge in [0.15, 0.2) is 0 Å². The highest BCUT2D eigenvalue weighted by atomic mass is 16.5. The van der Waals surface area contributed by atoms with Gasteiger partial charge in [0.25, 0.3) is 0 Å². The lowest BCUT2D eigenvalue weighted by Crippen LogP contribution is -2.19. The van der Waals surface area contributed by atoms with Crippen molar-refractivity contribution in [2.75, 3.05) is 13.2 Å². The van der Waals surface area contributed by atoms with Gasteiger partial charge in [-0.2, -0.15) is 0 Å². The number of nitrogens with zero attached hydrogens (tertiary/aromatic N) is 1. The van der Waals surface area contributed by atoms with Gasteiger partial charge in [-0.05, 0) is 30.5 Å². The third kappa shape index (κ3) is 1.53. The molecule has 2 N–H and O–H groups in total. The first-order chi connectivity index (χ1) is 7.28. The number of aliphatic imine (C=N–C) groups is 1. The minimum absolute atomic E-state index is 0.0742. The van der Waals surface area contributed by atoms with Crippen molar-refractivity contribution in [2.24, 2.45) is 10.7 Å². The fraction of sp³-hybridized carbons (Fsp3) is 0.417. The Kier molecular flexibility index (Phi) is 1.83. The third-order valence-electron chi connectivity index (χ3n) is 3.06. The van der Waals surface area contributed by atoms with Gasteiger partial charge in [0.2, 0.25) is 5.90 Å². The summed E-state index contributed by atoms with van der Waals surface area (Å²) in [5, 5.41) is 0. The molecule has 78 valence electrons. The van der Waals surface area contributed by atoms with Crippen LogP contribution in [0.5, 0.6) is 0 Å². The molecule has 0 atom stereocenters. The zero-order chi connectivity index (χ0) is 10.3. The SMILES string of the molecule is NC1(c2cccc(C3=NCCO3)c2)CC1. The molecular formula is C12H14N2O. The van der Waals surface area contributed by atoms with Crippen LogP contribution in [-0.2, 0) is 10.3 Å². The van der Waals surface area contributed by atoms with Crippen LogP contribution in [0.4, 0.5) is 0 Å². The van der Waals surface area contributed by atoms with Crippen molar-refractivity contribution in [2.45, 2.75) is 18.4 Å². The van der Waals surface area contributed by atoms with Crippen molar-refractivity contribution in [3.63, 3.8) is 0 Å². The molecule has 1 heterocycles. The average Bonchev–Trinajstić information content (AvgIpc) is 2.84. The van der Waals surface area contributed by atoms with Crippen LogP contribution in [0, 0.1) is 0 Å². The van der Waals surface area contributed by atoms with Gasteiger partial charge in [0.05, 0.1) is 6.54 Å². The van der Waals surface area contributed by atoms with E-state index in [-0.39, 0.29) is 5.54 Å². The van der Waals surface area contributed by atoms with Gasteiger partial charge >= 0.3 is 0 Å². The molecule has 15 heavy (non-hydrogen) atoms. The predicted octanol–water partition coefficient (Wildman–Crippen LogP) is 1.41. The predicted molar refractivity (Wildman–Crippen MR) is 58.9 cm³/mol. The van der Waals surface area contributed by atoms with Crippen LogP contribution in [0.25, 0.3) is 0 Å². The Labute approximate surface area is 89.0 Å². The Morgan fingerprint density at radius 2 is 2.20 bits per heavy atom. The van der Waals surface area contributed by atoms with E-state index in [1.807, 2.05) is 12.1 Å². The molecule has 0 bridgehead atoms. The lowest BCUT2D eigenvalue weighted by atomic mass is 10.0. The van der Waals surface area contributed by atoms with E-state index in [2.05, 4.69) is 17.1 Å². The highest BCUT2D eigenvalue weighted by Gasteiger charge is 2.40. The molecule has 0 aromatic heterocycles. The normalized spacial score (nSPS) is 22.1. The van der Waals surface area contributed by atoms with Gasteiger partial charge in [-0.3, -0.25) is 0 Å². The lowest BCUT2D eigenvalue weighted by Gasteiger charge is -2.10. The highest BCUT2D eigenvalue weighted by Crippen LogP contribution is 2.42. The van der Waals surface area contributed by atoms with Crippen molar-refractivity contribution < 1.29 is 4.74 Å². The summed E-state index contributed by atoms with van der Waals surface area (Å²) in [4.78, 5) is 4.30. The van der Waals surface area contributed by atoms with Crippen LogP contribution in [0.3, 0.4) is 0 Å². The van der Waals surface area contributed by atoms with Gasteiger partial charge in [-0.15, -0.1) is 0 Å². The minimum Gasteiger partial charge on any atom is -0.476 e. The van der Waals surface area contributed by atoms with Gasteiger partial charge < -0.3 is 10.5 Å². The summed E-state index contributed by atoms with van der Waals surface area (Å²) in [6.45, 7) is 1.47. The second kappa shape index (κ2) is 3.07. The molecule has 1 aliphatic heterocycles. The van der Waals surface area contributed by atoms with E-state index < -0.39 is 0 Å². The highest BCUT2D eigenvalue weighted by molar-refractivity contribution is 5.95. The second-order valence-electron chi connectivity index (χ2n) is 4.27. The Balaban J connectivity index is 1.96. The van der Waals surface area contributed by atoms with Crippen molar-refractivity contribution in [1.82, 2.24) is 0 Å². The number of rotatable bonds is 2. The average molecular weight is 202 g/mol. The van der Waals surface area contributed by atoms with Crippen LogP contribution in [0.15, 0.2) is 29.3 Å². The Bertz CT molecular complexity index is 421. The van der Waals surface area contributed by atoms with E-state index in [0.717, 1.165) is 30.8 Å². The Morgan fingerprint density at radius 1 is 1.33 bits per heavy atom. The first kappa shape index (κ1) is 8.92. The second-order valence-corrected chi connectivity index (χ2v) is 4.27. The number of ether oxygens (including phenoxy) is 1. The van der Waals surface area contributed by atoms with Crippen molar-refractivity contribution in [1.29, 1.82) is 0 Å². The van der Waals surface area contributed by atoms with Crippen molar-refractivity contribution in [3.8, 4) is 0 Å². The van der Waals surface area contributed by atoms with Gasteiger partial charge in [0.1, 0.15) is 6.61 Å². The monoisotopic (exact) mass is 202 g/mol. The van der Waals surface area contributed by atoms with Gasteiger partial charge in [0, 0.05) is 11.1 Å².